The molecule has 1 heterocycles. The second-order valence-electron chi connectivity index (χ2n) is 4.48. The van der Waals surface area contributed by atoms with Gasteiger partial charge in [0.2, 0.25) is 5.91 Å². The topological polar surface area (TPSA) is 20.3 Å². The Labute approximate surface area is 97.3 Å². The van der Waals surface area contributed by atoms with Gasteiger partial charge in [0.15, 0.2) is 0 Å². The first-order chi connectivity index (χ1) is 7.79. The average molecular weight is 217 g/mol. The highest BCUT2D eigenvalue weighted by Crippen LogP contribution is 2.24. The van der Waals surface area contributed by atoms with Crippen LogP contribution in [0.4, 0.5) is 0 Å². The molecule has 16 heavy (non-hydrogen) atoms. The Balaban J connectivity index is 2.13. The standard InChI is InChI=1S/C14H19NO/c1-12(13-8-4-2-5-9-13)15-11-7-3-6-10-14(15)16/h2,4-5,8-9,12H,3,6-7,10-11H2,1H3. The largest absolute Gasteiger partial charge is 0.336 e. The predicted molar refractivity (Wildman–Crippen MR) is 65.0 cm³/mol. The maximum atomic E-state index is 12.0. The van der Waals surface area contributed by atoms with Gasteiger partial charge in [0.05, 0.1) is 6.04 Å². The lowest BCUT2D eigenvalue weighted by atomic mass is 10.1. The first-order valence-corrected chi connectivity index (χ1v) is 6.13. The summed E-state index contributed by atoms with van der Waals surface area (Å²) in [5.74, 6) is 0.314. The van der Waals surface area contributed by atoms with E-state index in [9.17, 15) is 4.79 Å². The number of likely N-dealkylation sites (tertiary alicyclic amines) is 1. The molecule has 0 N–H and O–H groups in total. The van der Waals surface area contributed by atoms with Crippen molar-refractivity contribution < 1.29 is 4.79 Å². The molecule has 0 saturated carbocycles. The van der Waals surface area contributed by atoms with E-state index in [1.54, 1.807) is 0 Å². The minimum atomic E-state index is 0.215. The van der Waals surface area contributed by atoms with Gasteiger partial charge in [0.1, 0.15) is 0 Å². The summed E-state index contributed by atoms with van der Waals surface area (Å²) < 4.78 is 0. The molecule has 0 radical (unpaired) electrons. The van der Waals surface area contributed by atoms with Crippen LogP contribution in [0.5, 0.6) is 0 Å². The summed E-state index contributed by atoms with van der Waals surface area (Å²) in [6.07, 6.45) is 4.10. The lowest BCUT2D eigenvalue weighted by Gasteiger charge is -2.28. The van der Waals surface area contributed by atoms with E-state index in [2.05, 4.69) is 19.1 Å². The van der Waals surface area contributed by atoms with Gasteiger partial charge in [-0.1, -0.05) is 36.8 Å². The molecular formula is C14H19NO. The monoisotopic (exact) mass is 217 g/mol. The normalized spacial score (nSPS) is 19.3. The number of hydrogen-bond acceptors (Lipinski definition) is 1. The number of hydrogen-bond donors (Lipinski definition) is 0. The van der Waals surface area contributed by atoms with E-state index in [0.717, 1.165) is 25.8 Å². The maximum absolute atomic E-state index is 12.0. The van der Waals surface area contributed by atoms with E-state index in [1.165, 1.54) is 12.0 Å². The molecule has 86 valence electrons. The van der Waals surface area contributed by atoms with Crippen LogP contribution in [0, 0.1) is 0 Å². The Morgan fingerprint density at radius 3 is 2.62 bits per heavy atom. The Bertz CT molecular complexity index is 347. The minimum Gasteiger partial charge on any atom is -0.336 e. The van der Waals surface area contributed by atoms with Gasteiger partial charge in [0.25, 0.3) is 0 Å². The van der Waals surface area contributed by atoms with Gasteiger partial charge in [0, 0.05) is 13.0 Å². The van der Waals surface area contributed by atoms with E-state index in [1.807, 2.05) is 23.1 Å². The highest BCUT2D eigenvalue weighted by atomic mass is 16.2. The van der Waals surface area contributed by atoms with Crippen molar-refractivity contribution >= 4 is 5.91 Å². The summed E-state index contributed by atoms with van der Waals surface area (Å²) in [4.78, 5) is 14.0. The quantitative estimate of drug-likeness (QED) is 0.745. The van der Waals surface area contributed by atoms with Crippen molar-refractivity contribution in [3.63, 3.8) is 0 Å². The number of nitrogens with zero attached hydrogens (tertiary/aromatic N) is 1. The molecular weight excluding hydrogens is 198 g/mol. The third-order valence-electron chi connectivity index (χ3n) is 3.36. The van der Waals surface area contributed by atoms with Crippen molar-refractivity contribution in [1.29, 1.82) is 0 Å². The molecule has 1 saturated heterocycles. The highest BCUT2D eigenvalue weighted by molar-refractivity contribution is 5.76. The lowest BCUT2D eigenvalue weighted by Crippen LogP contribution is -2.32. The maximum Gasteiger partial charge on any atom is 0.223 e. The van der Waals surface area contributed by atoms with Crippen molar-refractivity contribution in [3.05, 3.63) is 35.9 Å². The van der Waals surface area contributed by atoms with E-state index in [-0.39, 0.29) is 6.04 Å². The molecule has 0 aliphatic carbocycles. The first-order valence-electron chi connectivity index (χ1n) is 6.13. The summed E-state index contributed by atoms with van der Waals surface area (Å²) >= 11 is 0. The Hall–Kier alpha value is -1.31. The van der Waals surface area contributed by atoms with Gasteiger partial charge in [-0.25, -0.2) is 0 Å². The average Bonchev–Trinajstić information content (AvgIpc) is 2.54. The van der Waals surface area contributed by atoms with Crippen LogP contribution in [-0.2, 0) is 4.79 Å². The van der Waals surface area contributed by atoms with Gasteiger partial charge in [-0.2, -0.15) is 0 Å². The van der Waals surface area contributed by atoms with Gasteiger partial charge >= 0.3 is 0 Å². The van der Waals surface area contributed by atoms with Crippen LogP contribution in [0.15, 0.2) is 30.3 Å². The highest BCUT2D eigenvalue weighted by Gasteiger charge is 2.22. The second kappa shape index (κ2) is 5.15. The molecule has 0 aromatic heterocycles. The molecule has 1 aliphatic rings. The van der Waals surface area contributed by atoms with Crippen molar-refractivity contribution in [1.82, 2.24) is 4.90 Å². The van der Waals surface area contributed by atoms with Crippen LogP contribution < -0.4 is 0 Å². The van der Waals surface area contributed by atoms with E-state index in [4.69, 9.17) is 0 Å². The molecule has 1 amide bonds. The molecule has 0 bridgehead atoms. The molecule has 2 heteroatoms. The van der Waals surface area contributed by atoms with E-state index < -0.39 is 0 Å². The zero-order valence-electron chi connectivity index (χ0n) is 9.86. The predicted octanol–water partition coefficient (Wildman–Crippen LogP) is 3.15. The summed E-state index contributed by atoms with van der Waals surface area (Å²) in [6.45, 7) is 3.04. The van der Waals surface area contributed by atoms with Crippen LogP contribution in [0.3, 0.4) is 0 Å². The molecule has 1 unspecified atom stereocenters. The summed E-state index contributed by atoms with van der Waals surface area (Å²) in [5.41, 5.74) is 1.23. The second-order valence-corrected chi connectivity index (χ2v) is 4.48. The third-order valence-corrected chi connectivity index (χ3v) is 3.36. The minimum absolute atomic E-state index is 0.215. The molecule has 0 spiro atoms. The van der Waals surface area contributed by atoms with Crippen LogP contribution in [0.2, 0.25) is 0 Å². The fraction of sp³-hybridized carbons (Fsp3) is 0.500. The van der Waals surface area contributed by atoms with Crippen LogP contribution in [-0.4, -0.2) is 17.4 Å². The SMILES string of the molecule is CC(c1ccccc1)N1CCCCCC1=O. The number of carbonyl (C=O) groups is 1. The first kappa shape index (κ1) is 11.2. The van der Waals surface area contributed by atoms with Crippen molar-refractivity contribution in [2.75, 3.05) is 6.54 Å². The van der Waals surface area contributed by atoms with Crippen LogP contribution in [0.25, 0.3) is 0 Å². The smallest absolute Gasteiger partial charge is 0.223 e. The molecule has 2 rings (SSSR count). The van der Waals surface area contributed by atoms with E-state index in [0.29, 0.717) is 5.91 Å². The summed E-state index contributed by atoms with van der Waals surface area (Å²) in [5, 5.41) is 0. The molecule has 1 aliphatic heterocycles. The van der Waals surface area contributed by atoms with Gasteiger partial charge in [-0.3, -0.25) is 4.79 Å². The summed E-state index contributed by atoms with van der Waals surface area (Å²) in [7, 11) is 0. The van der Waals surface area contributed by atoms with Crippen molar-refractivity contribution in [3.8, 4) is 0 Å². The van der Waals surface area contributed by atoms with Crippen LogP contribution in [0.1, 0.15) is 44.2 Å². The Morgan fingerprint density at radius 2 is 1.88 bits per heavy atom. The van der Waals surface area contributed by atoms with Gasteiger partial charge in [-0.15, -0.1) is 0 Å². The molecule has 1 atom stereocenters. The van der Waals surface area contributed by atoms with Gasteiger partial charge < -0.3 is 4.90 Å². The summed E-state index contributed by atoms with van der Waals surface area (Å²) in [6, 6.07) is 10.5. The number of carbonyl (C=O) groups excluding carboxylic acids is 1. The fourth-order valence-corrected chi connectivity index (χ4v) is 2.32. The van der Waals surface area contributed by atoms with Crippen molar-refractivity contribution in [2.45, 2.75) is 38.6 Å². The zero-order valence-corrected chi connectivity index (χ0v) is 9.86. The Morgan fingerprint density at radius 1 is 1.12 bits per heavy atom. The lowest BCUT2D eigenvalue weighted by molar-refractivity contribution is -0.132. The van der Waals surface area contributed by atoms with Gasteiger partial charge in [-0.05, 0) is 25.3 Å². The zero-order chi connectivity index (χ0) is 11.4. The molecule has 1 aromatic carbocycles. The van der Waals surface area contributed by atoms with Crippen LogP contribution >= 0.6 is 0 Å². The number of rotatable bonds is 2. The molecule has 2 nitrogen and oxygen atoms in total. The fourth-order valence-electron chi connectivity index (χ4n) is 2.32. The third kappa shape index (κ3) is 2.43. The molecule has 1 aromatic rings. The van der Waals surface area contributed by atoms with E-state index >= 15 is 0 Å². The Kier molecular flexibility index (Phi) is 3.60. The molecule has 1 fully saturated rings. The number of benzene rings is 1. The number of amides is 1. The van der Waals surface area contributed by atoms with Crippen molar-refractivity contribution in [2.24, 2.45) is 0 Å².